The average molecular weight is 174 g/mol. The summed E-state index contributed by atoms with van der Waals surface area (Å²) in [6.45, 7) is 3.50. The molecule has 1 rings (SSSR count). The van der Waals surface area contributed by atoms with Crippen LogP contribution in [0.25, 0.3) is 0 Å². The number of hydrogen-bond donors (Lipinski definition) is 1. The molecule has 2 atom stereocenters. The van der Waals surface area contributed by atoms with Crippen LogP contribution in [0.3, 0.4) is 0 Å². The van der Waals surface area contributed by atoms with Gasteiger partial charge in [-0.25, -0.2) is 0 Å². The summed E-state index contributed by atoms with van der Waals surface area (Å²) in [6, 6.07) is 0. The monoisotopic (exact) mass is 174 g/mol. The molecule has 1 fully saturated rings. The number of aliphatic hydroxyl groups is 1. The third-order valence-corrected chi connectivity index (χ3v) is 1.76. The van der Waals surface area contributed by atoms with E-state index >= 15 is 0 Å². The van der Waals surface area contributed by atoms with Crippen molar-refractivity contribution in [1.29, 1.82) is 0 Å². The van der Waals surface area contributed by atoms with Crippen LogP contribution in [-0.2, 0) is 14.3 Å². The summed E-state index contributed by atoms with van der Waals surface area (Å²) in [6.07, 6.45) is -0.0434. The zero-order chi connectivity index (χ0) is 9.19. The lowest BCUT2D eigenvalue weighted by Crippen LogP contribution is -2.29. The third-order valence-electron chi connectivity index (χ3n) is 1.76. The Bertz CT molecular complexity index is 180. The molecule has 1 aliphatic heterocycles. The first kappa shape index (κ1) is 9.64. The van der Waals surface area contributed by atoms with Gasteiger partial charge in [0.2, 0.25) is 0 Å². The van der Waals surface area contributed by atoms with Gasteiger partial charge in [0.15, 0.2) is 5.79 Å². The van der Waals surface area contributed by atoms with Gasteiger partial charge < -0.3 is 14.6 Å². The topological polar surface area (TPSA) is 55.8 Å². The van der Waals surface area contributed by atoms with Crippen molar-refractivity contribution in [2.75, 3.05) is 13.2 Å². The van der Waals surface area contributed by atoms with Crippen molar-refractivity contribution in [3.8, 4) is 0 Å². The van der Waals surface area contributed by atoms with Crippen LogP contribution >= 0.6 is 0 Å². The summed E-state index contributed by atoms with van der Waals surface area (Å²) in [5.74, 6) is -0.796. The molecule has 2 unspecified atom stereocenters. The Labute approximate surface area is 71.5 Å². The fourth-order valence-corrected chi connectivity index (χ4v) is 1.32. The van der Waals surface area contributed by atoms with E-state index in [1.54, 1.807) is 6.92 Å². The fourth-order valence-electron chi connectivity index (χ4n) is 1.32. The number of Topliss-reactive ketones (excluding diaryl/α,β-unsaturated/α-hetero) is 1. The zero-order valence-corrected chi connectivity index (χ0v) is 7.37. The Morgan fingerprint density at radius 1 is 1.75 bits per heavy atom. The molecular weight excluding hydrogens is 160 g/mol. The Balaban J connectivity index is 2.46. The minimum absolute atomic E-state index is 0.0242. The summed E-state index contributed by atoms with van der Waals surface area (Å²) in [7, 11) is 0. The molecule has 0 aromatic heterocycles. The molecule has 4 heteroatoms. The van der Waals surface area contributed by atoms with Crippen LogP contribution in [0.4, 0.5) is 0 Å². The quantitative estimate of drug-likeness (QED) is 0.658. The molecule has 1 heterocycles. The molecule has 0 amide bonds. The van der Waals surface area contributed by atoms with Crippen molar-refractivity contribution < 1.29 is 19.4 Å². The maximum atomic E-state index is 10.8. The van der Waals surface area contributed by atoms with Gasteiger partial charge in [-0.05, 0) is 13.8 Å². The van der Waals surface area contributed by atoms with Crippen LogP contribution in [-0.4, -0.2) is 36.0 Å². The molecule has 1 aliphatic rings. The summed E-state index contributed by atoms with van der Waals surface area (Å²) >= 11 is 0. The van der Waals surface area contributed by atoms with Gasteiger partial charge >= 0.3 is 0 Å². The highest BCUT2D eigenvalue weighted by atomic mass is 16.7. The van der Waals surface area contributed by atoms with E-state index in [-0.39, 0.29) is 24.9 Å². The second kappa shape index (κ2) is 3.51. The van der Waals surface area contributed by atoms with E-state index < -0.39 is 5.79 Å². The molecule has 4 nitrogen and oxygen atoms in total. The van der Waals surface area contributed by atoms with Gasteiger partial charge in [-0.1, -0.05) is 0 Å². The lowest BCUT2D eigenvalue weighted by atomic mass is 10.2. The molecule has 0 aliphatic carbocycles. The second-order valence-corrected chi connectivity index (χ2v) is 3.25. The first-order valence-corrected chi connectivity index (χ1v) is 3.98. The van der Waals surface area contributed by atoms with Crippen molar-refractivity contribution in [3.63, 3.8) is 0 Å². The number of aliphatic hydroxyl groups excluding tert-OH is 1. The van der Waals surface area contributed by atoms with Gasteiger partial charge in [0, 0.05) is 0 Å². The normalized spacial score (nSPS) is 35.4. The average Bonchev–Trinajstić information content (AvgIpc) is 2.30. The van der Waals surface area contributed by atoms with Crippen molar-refractivity contribution in [3.05, 3.63) is 0 Å². The molecule has 0 spiro atoms. The highest BCUT2D eigenvalue weighted by Gasteiger charge is 2.37. The molecule has 0 aromatic rings. The zero-order valence-electron chi connectivity index (χ0n) is 7.37. The molecule has 70 valence electrons. The highest BCUT2D eigenvalue weighted by molar-refractivity contribution is 5.76. The Kier molecular flexibility index (Phi) is 2.82. The number of carbonyl (C=O) groups is 1. The van der Waals surface area contributed by atoms with Crippen LogP contribution in [0.15, 0.2) is 0 Å². The Morgan fingerprint density at radius 2 is 2.42 bits per heavy atom. The summed E-state index contributed by atoms with van der Waals surface area (Å²) in [4.78, 5) is 10.8. The van der Waals surface area contributed by atoms with Crippen molar-refractivity contribution in [1.82, 2.24) is 0 Å². The first-order valence-electron chi connectivity index (χ1n) is 3.98. The van der Waals surface area contributed by atoms with E-state index in [4.69, 9.17) is 14.6 Å². The van der Waals surface area contributed by atoms with E-state index in [1.807, 2.05) is 0 Å². The first-order chi connectivity index (χ1) is 5.56. The largest absolute Gasteiger partial charge is 0.394 e. The second-order valence-electron chi connectivity index (χ2n) is 3.25. The molecule has 12 heavy (non-hydrogen) atoms. The fraction of sp³-hybridized carbons (Fsp3) is 0.875. The maximum absolute atomic E-state index is 10.8. The lowest BCUT2D eigenvalue weighted by molar-refractivity contribution is -0.167. The van der Waals surface area contributed by atoms with Gasteiger partial charge in [0.25, 0.3) is 0 Å². The van der Waals surface area contributed by atoms with E-state index in [0.29, 0.717) is 6.61 Å². The van der Waals surface area contributed by atoms with Crippen LogP contribution in [0.5, 0.6) is 0 Å². The Morgan fingerprint density at radius 3 is 2.83 bits per heavy atom. The standard InChI is InChI=1S/C8H14O4/c1-6(10)3-8(2)11-5-7(4-9)12-8/h7,9H,3-5H2,1-2H3. The molecule has 1 saturated heterocycles. The smallest absolute Gasteiger partial charge is 0.173 e. The van der Waals surface area contributed by atoms with Crippen LogP contribution in [0.1, 0.15) is 20.3 Å². The van der Waals surface area contributed by atoms with Crippen molar-refractivity contribution in [2.24, 2.45) is 0 Å². The number of hydrogen-bond acceptors (Lipinski definition) is 4. The van der Waals surface area contributed by atoms with E-state index in [2.05, 4.69) is 0 Å². The number of ketones is 1. The highest BCUT2D eigenvalue weighted by Crippen LogP contribution is 2.26. The molecule has 0 radical (unpaired) electrons. The van der Waals surface area contributed by atoms with Gasteiger partial charge in [-0.15, -0.1) is 0 Å². The SMILES string of the molecule is CC(=O)CC1(C)OCC(CO)O1. The van der Waals surface area contributed by atoms with E-state index in [1.165, 1.54) is 6.92 Å². The summed E-state index contributed by atoms with van der Waals surface area (Å²) in [5.41, 5.74) is 0. The lowest BCUT2D eigenvalue weighted by Gasteiger charge is -2.21. The minimum Gasteiger partial charge on any atom is -0.394 e. The van der Waals surface area contributed by atoms with Gasteiger partial charge in [-0.3, -0.25) is 4.79 Å². The molecule has 1 N–H and O–H groups in total. The number of rotatable bonds is 3. The van der Waals surface area contributed by atoms with Crippen molar-refractivity contribution in [2.45, 2.75) is 32.2 Å². The Hall–Kier alpha value is -0.450. The summed E-state index contributed by atoms with van der Waals surface area (Å²) in [5, 5.41) is 8.74. The van der Waals surface area contributed by atoms with E-state index in [0.717, 1.165) is 0 Å². The van der Waals surface area contributed by atoms with E-state index in [9.17, 15) is 4.79 Å². The molecular formula is C8H14O4. The van der Waals surface area contributed by atoms with Crippen molar-refractivity contribution >= 4 is 5.78 Å². The minimum atomic E-state index is -0.820. The summed E-state index contributed by atoms with van der Waals surface area (Å²) < 4.78 is 10.6. The number of ether oxygens (including phenoxy) is 2. The third kappa shape index (κ3) is 2.27. The number of carbonyl (C=O) groups excluding carboxylic acids is 1. The molecule has 0 bridgehead atoms. The van der Waals surface area contributed by atoms with Gasteiger partial charge in [-0.2, -0.15) is 0 Å². The van der Waals surface area contributed by atoms with Gasteiger partial charge in [0.1, 0.15) is 11.9 Å². The maximum Gasteiger partial charge on any atom is 0.173 e. The van der Waals surface area contributed by atoms with Crippen LogP contribution in [0, 0.1) is 0 Å². The predicted molar refractivity (Wildman–Crippen MR) is 41.6 cm³/mol. The predicted octanol–water partition coefficient (Wildman–Crippen LogP) is 0.0894. The van der Waals surface area contributed by atoms with Gasteiger partial charge in [0.05, 0.1) is 19.6 Å². The molecule has 0 aromatic carbocycles. The van der Waals surface area contributed by atoms with Crippen LogP contribution in [0.2, 0.25) is 0 Å². The van der Waals surface area contributed by atoms with Crippen LogP contribution < -0.4 is 0 Å². The molecule has 0 saturated carbocycles.